The molecule has 32 heavy (non-hydrogen) atoms. The first kappa shape index (κ1) is 23.6. The number of methoxy groups -OCH3 is 1. The number of anilines is 2. The Morgan fingerprint density at radius 3 is 2.38 bits per heavy atom. The quantitative estimate of drug-likeness (QED) is 0.587. The zero-order chi connectivity index (χ0) is 22.9. The Labute approximate surface area is 189 Å². The summed E-state index contributed by atoms with van der Waals surface area (Å²) in [5.74, 6) is 0.619. The Kier molecular flexibility index (Phi) is 8.50. The first-order valence-electron chi connectivity index (χ1n) is 11.0. The molecular formula is C25H32N2O5. The number of aryl methyl sites for hydroxylation is 1. The SMILES string of the molecule is COc1ccc(N(C(=O)NC[C@H]2CC[C@H](COCC(=O)O)CC2)c2ccccc2)c(C)c1. The Hall–Kier alpha value is -3.06. The lowest BCUT2D eigenvalue weighted by Crippen LogP contribution is -2.40. The van der Waals surface area contributed by atoms with Crippen molar-refractivity contribution in [2.24, 2.45) is 11.8 Å². The molecule has 1 saturated carbocycles. The lowest BCUT2D eigenvalue weighted by atomic mass is 9.82. The second-order valence-electron chi connectivity index (χ2n) is 8.31. The number of urea groups is 1. The molecular weight excluding hydrogens is 408 g/mol. The lowest BCUT2D eigenvalue weighted by molar-refractivity contribution is -0.142. The van der Waals surface area contributed by atoms with Crippen LogP contribution in [0.25, 0.3) is 0 Å². The summed E-state index contributed by atoms with van der Waals surface area (Å²) >= 11 is 0. The third-order valence-electron chi connectivity index (χ3n) is 5.95. The minimum Gasteiger partial charge on any atom is -0.497 e. The molecule has 0 heterocycles. The van der Waals surface area contributed by atoms with Gasteiger partial charge in [-0.1, -0.05) is 18.2 Å². The molecule has 0 radical (unpaired) electrons. The summed E-state index contributed by atoms with van der Waals surface area (Å²) in [6.45, 7) is 2.83. The fourth-order valence-electron chi connectivity index (χ4n) is 4.17. The lowest BCUT2D eigenvalue weighted by Gasteiger charge is -2.30. The fourth-order valence-corrected chi connectivity index (χ4v) is 4.17. The van der Waals surface area contributed by atoms with E-state index >= 15 is 0 Å². The van der Waals surface area contributed by atoms with E-state index in [9.17, 15) is 9.59 Å². The summed E-state index contributed by atoms with van der Waals surface area (Å²) in [6.07, 6.45) is 3.96. The van der Waals surface area contributed by atoms with E-state index in [-0.39, 0.29) is 12.6 Å². The normalized spacial score (nSPS) is 18.1. The highest BCUT2D eigenvalue weighted by atomic mass is 16.5. The van der Waals surface area contributed by atoms with E-state index in [1.807, 2.05) is 55.5 Å². The molecule has 0 aliphatic heterocycles. The van der Waals surface area contributed by atoms with Crippen LogP contribution in [-0.2, 0) is 9.53 Å². The number of hydrogen-bond acceptors (Lipinski definition) is 4. The number of rotatable bonds is 9. The zero-order valence-electron chi connectivity index (χ0n) is 18.8. The van der Waals surface area contributed by atoms with Gasteiger partial charge in [-0.2, -0.15) is 0 Å². The third-order valence-corrected chi connectivity index (χ3v) is 5.95. The summed E-state index contributed by atoms with van der Waals surface area (Å²) in [6, 6.07) is 15.1. The average Bonchev–Trinajstić information content (AvgIpc) is 2.80. The Morgan fingerprint density at radius 1 is 1.06 bits per heavy atom. The molecule has 172 valence electrons. The number of nitrogens with one attached hydrogen (secondary N) is 1. The van der Waals surface area contributed by atoms with Crippen LogP contribution in [0.15, 0.2) is 48.5 Å². The maximum Gasteiger partial charge on any atom is 0.329 e. The van der Waals surface area contributed by atoms with Gasteiger partial charge in [-0.05, 0) is 80.3 Å². The van der Waals surface area contributed by atoms with E-state index in [1.165, 1.54) is 0 Å². The number of hydrogen-bond donors (Lipinski definition) is 2. The highest BCUT2D eigenvalue weighted by Crippen LogP contribution is 2.32. The third kappa shape index (κ3) is 6.47. The van der Waals surface area contributed by atoms with Crippen LogP contribution in [-0.4, -0.2) is 44.0 Å². The molecule has 0 bridgehead atoms. The Morgan fingerprint density at radius 2 is 1.75 bits per heavy atom. The monoisotopic (exact) mass is 440 g/mol. The molecule has 7 heteroatoms. The maximum absolute atomic E-state index is 13.3. The summed E-state index contributed by atoms with van der Waals surface area (Å²) in [7, 11) is 1.63. The number of carbonyl (C=O) groups is 2. The summed E-state index contributed by atoms with van der Waals surface area (Å²) in [4.78, 5) is 25.6. The molecule has 1 aliphatic rings. The first-order chi connectivity index (χ1) is 15.5. The topological polar surface area (TPSA) is 88.1 Å². The summed E-state index contributed by atoms with van der Waals surface area (Å²) < 4.78 is 10.6. The van der Waals surface area contributed by atoms with Crippen molar-refractivity contribution >= 4 is 23.4 Å². The predicted molar refractivity (Wildman–Crippen MR) is 124 cm³/mol. The van der Waals surface area contributed by atoms with Crippen LogP contribution in [0.5, 0.6) is 5.75 Å². The number of ether oxygens (including phenoxy) is 2. The minimum atomic E-state index is -0.934. The standard InChI is InChI=1S/C25H32N2O5/c1-18-14-22(31-2)12-13-23(18)27(21-6-4-3-5-7-21)25(30)26-15-19-8-10-20(11-9-19)16-32-17-24(28)29/h3-7,12-14,19-20H,8-11,15-17H2,1-2H3,(H,26,30)(H,28,29)/t19-,20-. The number of benzene rings is 2. The van der Waals surface area contributed by atoms with E-state index < -0.39 is 5.97 Å². The molecule has 2 aromatic carbocycles. The van der Waals surface area contributed by atoms with Crippen LogP contribution >= 0.6 is 0 Å². The molecule has 0 atom stereocenters. The van der Waals surface area contributed by atoms with E-state index in [1.54, 1.807) is 12.0 Å². The molecule has 2 amide bonds. The second-order valence-corrected chi connectivity index (χ2v) is 8.31. The number of carboxylic acids is 1. The van der Waals surface area contributed by atoms with Crippen molar-refractivity contribution in [2.45, 2.75) is 32.6 Å². The van der Waals surface area contributed by atoms with Crippen molar-refractivity contribution in [3.05, 3.63) is 54.1 Å². The van der Waals surface area contributed by atoms with Gasteiger partial charge in [0, 0.05) is 6.54 Å². The summed E-state index contributed by atoms with van der Waals surface area (Å²) in [5, 5.41) is 11.8. The van der Waals surface area contributed by atoms with Crippen LogP contribution in [0.1, 0.15) is 31.2 Å². The highest BCUT2D eigenvalue weighted by molar-refractivity contribution is 6.00. The van der Waals surface area contributed by atoms with Gasteiger partial charge < -0.3 is 19.9 Å². The van der Waals surface area contributed by atoms with Crippen molar-refractivity contribution in [3.63, 3.8) is 0 Å². The van der Waals surface area contributed by atoms with E-state index in [0.29, 0.717) is 25.0 Å². The molecule has 1 aliphatic carbocycles. The molecule has 0 spiro atoms. The molecule has 2 N–H and O–H groups in total. The first-order valence-corrected chi connectivity index (χ1v) is 11.0. The predicted octanol–water partition coefficient (Wildman–Crippen LogP) is 4.76. The van der Waals surface area contributed by atoms with Gasteiger partial charge in [-0.3, -0.25) is 4.90 Å². The van der Waals surface area contributed by atoms with Crippen molar-refractivity contribution in [3.8, 4) is 5.75 Å². The van der Waals surface area contributed by atoms with Crippen LogP contribution in [0.4, 0.5) is 16.2 Å². The van der Waals surface area contributed by atoms with E-state index in [0.717, 1.165) is 48.4 Å². The molecule has 0 aromatic heterocycles. The van der Waals surface area contributed by atoms with Gasteiger partial charge in [0.2, 0.25) is 0 Å². The fraction of sp³-hybridized carbons (Fsp3) is 0.440. The average molecular weight is 441 g/mol. The number of amides is 2. The number of carbonyl (C=O) groups excluding carboxylic acids is 1. The van der Waals surface area contributed by atoms with E-state index in [4.69, 9.17) is 14.6 Å². The highest BCUT2D eigenvalue weighted by Gasteiger charge is 2.24. The van der Waals surface area contributed by atoms with Gasteiger partial charge in [-0.25, -0.2) is 9.59 Å². The van der Waals surface area contributed by atoms with Gasteiger partial charge >= 0.3 is 12.0 Å². The minimum absolute atomic E-state index is 0.156. The van der Waals surface area contributed by atoms with Crippen molar-refractivity contribution in [2.75, 3.05) is 31.8 Å². The number of carboxylic acid groups (broad SMARTS) is 1. The molecule has 2 aromatic rings. The van der Waals surface area contributed by atoms with Crippen molar-refractivity contribution in [1.29, 1.82) is 0 Å². The van der Waals surface area contributed by atoms with Gasteiger partial charge in [0.25, 0.3) is 0 Å². The Balaban J connectivity index is 1.60. The van der Waals surface area contributed by atoms with Gasteiger partial charge in [0.05, 0.1) is 25.1 Å². The van der Waals surface area contributed by atoms with Crippen LogP contribution < -0.4 is 15.0 Å². The largest absolute Gasteiger partial charge is 0.497 e. The molecule has 7 nitrogen and oxygen atoms in total. The molecule has 1 fully saturated rings. The van der Waals surface area contributed by atoms with Crippen molar-refractivity contribution < 1.29 is 24.2 Å². The second kappa shape index (κ2) is 11.5. The van der Waals surface area contributed by atoms with Crippen LogP contribution in [0.2, 0.25) is 0 Å². The molecule has 0 saturated heterocycles. The molecule has 0 unspecified atom stereocenters. The van der Waals surface area contributed by atoms with E-state index in [2.05, 4.69) is 5.32 Å². The zero-order valence-corrected chi connectivity index (χ0v) is 18.8. The summed E-state index contributed by atoms with van der Waals surface area (Å²) in [5.41, 5.74) is 2.57. The van der Waals surface area contributed by atoms with Gasteiger partial charge in [0.1, 0.15) is 12.4 Å². The maximum atomic E-state index is 13.3. The van der Waals surface area contributed by atoms with Crippen LogP contribution in [0.3, 0.4) is 0 Å². The smallest absolute Gasteiger partial charge is 0.329 e. The molecule has 3 rings (SSSR count). The number of nitrogens with zero attached hydrogens (tertiary/aromatic N) is 1. The number of aliphatic carboxylic acids is 1. The Bertz CT molecular complexity index is 894. The van der Waals surface area contributed by atoms with Crippen molar-refractivity contribution in [1.82, 2.24) is 5.32 Å². The van der Waals surface area contributed by atoms with Gasteiger partial charge in [0.15, 0.2) is 0 Å². The number of para-hydroxylation sites is 1. The van der Waals surface area contributed by atoms with Gasteiger partial charge in [-0.15, -0.1) is 0 Å². The van der Waals surface area contributed by atoms with Crippen LogP contribution in [0, 0.1) is 18.8 Å².